The van der Waals surface area contributed by atoms with Gasteiger partial charge in [-0.05, 0) is 20.0 Å². The van der Waals surface area contributed by atoms with Gasteiger partial charge in [-0.3, -0.25) is 9.69 Å². The standard InChI is InChI=1S/C12H24N2O3/c1-4-5-14(10-12(15)16-3)9-11-8-13(2)6-7-17-11/h11H,4-10H2,1-3H3. The first-order valence-corrected chi connectivity index (χ1v) is 6.25. The van der Waals surface area contributed by atoms with Crippen molar-refractivity contribution in [2.45, 2.75) is 19.4 Å². The van der Waals surface area contributed by atoms with E-state index < -0.39 is 0 Å². The molecule has 17 heavy (non-hydrogen) atoms. The molecule has 1 aliphatic rings. The number of ether oxygens (including phenoxy) is 2. The SMILES string of the molecule is CCCN(CC(=O)OC)CC1CN(C)CCO1. The molecular formula is C12H24N2O3. The molecule has 0 aromatic carbocycles. The average molecular weight is 244 g/mol. The molecule has 5 heteroatoms. The maximum Gasteiger partial charge on any atom is 0.319 e. The van der Waals surface area contributed by atoms with E-state index in [9.17, 15) is 4.79 Å². The molecule has 1 rings (SSSR count). The fourth-order valence-corrected chi connectivity index (χ4v) is 2.06. The highest BCUT2D eigenvalue weighted by atomic mass is 16.5. The van der Waals surface area contributed by atoms with Crippen molar-refractivity contribution in [3.63, 3.8) is 0 Å². The zero-order valence-electron chi connectivity index (χ0n) is 11.1. The van der Waals surface area contributed by atoms with Gasteiger partial charge in [-0.15, -0.1) is 0 Å². The highest BCUT2D eigenvalue weighted by Gasteiger charge is 2.21. The molecule has 1 unspecified atom stereocenters. The molecule has 0 amide bonds. The monoisotopic (exact) mass is 244 g/mol. The second kappa shape index (κ2) is 7.63. The Morgan fingerprint density at radius 1 is 1.59 bits per heavy atom. The van der Waals surface area contributed by atoms with Crippen molar-refractivity contribution in [1.82, 2.24) is 9.80 Å². The van der Waals surface area contributed by atoms with Crippen LogP contribution in [0.3, 0.4) is 0 Å². The molecule has 1 aliphatic heterocycles. The lowest BCUT2D eigenvalue weighted by molar-refractivity contribution is -0.142. The minimum atomic E-state index is -0.178. The summed E-state index contributed by atoms with van der Waals surface area (Å²) >= 11 is 0. The normalized spacial score (nSPS) is 21.8. The first kappa shape index (κ1) is 14.4. The third kappa shape index (κ3) is 5.48. The van der Waals surface area contributed by atoms with Crippen molar-refractivity contribution in [3.8, 4) is 0 Å². The van der Waals surface area contributed by atoms with E-state index in [-0.39, 0.29) is 12.1 Å². The number of rotatable bonds is 6. The van der Waals surface area contributed by atoms with Crippen LogP contribution < -0.4 is 0 Å². The van der Waals surface area contributed by atoms with Gasteiger partial charge in [0.15, 0.2) is 0 Å². The Hall–Kier alpha value is -0.650. The molecule has 0 radical (unpaired) electrons. The minimum absolute atomic E-state index is 0.178. The zero-order valence-corrected chi connectivity index (χ0v) is 11.1. The molecule has 0 N–H and O–H groups in total. The lowest BCUT2D eigenvalue weighted by atomic mass is 10.2. The van der Waals surface area contributed by atoms with Gasteiger partial charge < -0.3 is 14.4 Å². The molecule has 5 nitrogen and oxygen atoms in total. The Balaban J connectivity index is 2.39. The maximum absolute atomic E-state index is 11.3. The van der Waals surface area contributed by atoms with Crippen molar-refractivity contribution in [2.75, 3.05) is 53.5 Å². The Morgan fingerprint density at radius 2 is 2.35 bits per heavy atom. The molecule has 0 aromatic rings. The second-order valence-electron chi connectivity index (χ2n) is 4.57. The molecule has 0 saturated carbocycles. The van der Waals surface area contributed by atoms with E-state index in [1.54, 1.807) is 0 Å². The predicted molar refractivity (Wildman–Crippen MR) is 66.0 cm³/mol. The summed E-state index contributed by atoms with van der Waals surface area (Å²) in [6.07, 6.45) is 1.23. The quantitative estimate of drug-likeness (QED) is 0.625. The Morgan fingerprint density at radius 3 is 2.94 bits per heavy atom. The molecule has 0 spiro atoms. The lowest BCUT2D eigenvalue weighted by Gasteiger charge is -2.33. The van der Waals surface area contributed by atoms with E-state index in [0.717, 1.165) is 39.2 Å². The van der Waals surface area contributed by atoms with Gasteiger partial charge in [0, 0.05) is 19.6 Å². The first-order chi connectivity index (χ1) is 8.15. The first-order valence-electron chi connectivity index (χ1n) is 6.25. The third-order valence-corrected chi connectivity index (χ3v) is 2.92. The molecule has 0 aromatic heterocycles. The number of carbonyl (C=O) groups excluding carboxylic acids is 1. The summed E-state index contributed by atoms with van der Waals surface area (Å²) < 4.78 is 10.4. The lowest BCUT2D eigenvalue weighted by Crippen LogP contribution is -2.47. The van der Waals surface area contributed by atoms with Crippen LogP contribution in [-0.2, 0) is 14.3 Å². The summed E-state index contributed by atoms with van der Waals surface area (Å²) in [7, 11) is 3.53. The smallest absolute Gasteiger partial charge is 0.319 e. The number of likely N-dealkylation sites (N-methyl/N-ethyl adjacent to an activating group) is 1. The Labute approximate surface area is 104 Å². The summed E-state index contributed by atoms with van der Waals surface area (Å²) in [6.45, 7) is 6.86. The molecule has 100 valence electrons. The maximum atomic E-state index is 11.3. The summed E-state index contributed by atoms with van der Waals surface area (Å²) in [5.41, 5.74) is 0. The van der Waals surface area contributed by atoms with Gasteiger partial charge in [0.25, 0.3) is 0 Å². The summed E-state index contributed by atoms with van der Waals surface area (Å²) in [6, 6.07) is 0. The van der Waals surface area contributed by atoms with Crippen LogP contribution >= 0.6 is 0 Å². The van der Waals surface area contributed by atoms with Crippen LogP contribution in [0.4, 0.5) is 0 Å². The molecule has 0 aliphatic carbocycles. The van der Waals surface area contributed by atoms with E-state index in [1.165, 1.54) is 7.11 Å². The minimum Gasteiger partial charge on any atom is -0.468 e. The van der Waals surface area contributed by atoms with Gasteiger partial charge in [-0.25, -0.2) is 0 Å². The van der Waals surface area contributed by atoms with E-state index in [0.29, 0.717) is 6.54 Å². The van der Waals surface area contributed by atoms with Gasteiger partial charge in [-0.1, -0.05) is 6.92 Å². The summed E-state index contributed by atoms with van der Waals surface area (Å²) in [5.74, 6) is -0.178. The highest BCUT2D eigenvalue weighted by Crippen LogP contribution is 2.06. The van der Waals surface area contributed by atoms with Gasteiger partial charge in [0.05, 0.1) is 26.4 Å². The van der Waals surface area contributed by atoms with E-state index in [2.05, 4.69) is 23.8 Å². The van der Waals surface area contributed by atoms with Gasteiger partial charge in [-0.2, -0.15) is 0 Å². The second-order valence-corrected chi connectivity index (χ2v) is 4.57. The molecule has 1 saturated heterocycles. The summed E-state index contributed by atoms with van der Waals surface area (Å²) in [4.78, 5) is 15.7. The van der Waals surface area contributed by atoms with Gasteiger partial charge in [0.1, 0.15) is 0 Å². The highest BCUT2D eigenvalue weighted by molar-refractivity contribution is 5.71. The number of hydrogen-bond acceptors (Lipinski definition) is 5. The van der Waals surface area contributed by atoms with Crippen molar-refractivity contribution in [1.29, 1.82) is 0 Å². The van der Waals surface area contributed by atoms with E-state index in [1.807, 2.05) is 0 Å². The van der Waals surface area contributed by atoms with Crippen LogP contribution in [0.2, 0.25) is 0 Å². The Kier molecular flexibility index (Phi) is 6.47. The zero-order chi connectivity index (χ0) is 12.7. The summed E-state index contributed by atoms with van der Waals surface area (Å²) in [5, 5.41) is 0. The van der Waals surface area contributed by atoms with Crippen LogP contribution in [0, 0.1) is 0 Å². The predicted octanol–water partition coefficient (Wildman–Crippen LogP) is 0.202. The number of morpholine rings is 1. The van der Waals surface area contributed by atoms with Gasteiger partial charge >= 0.3 is 5.97 Å². The average Bonchev–Trinajstić information content (AvgIpc) is 2.29. The fraction of sp³-hybridized carbons (Fsp3) is 0.917. The molecular weight excluding hydrogens is 220 g/mol. The van der Waals surface area contributed by atoms with Gasteiger partial charge in [0.2, 0.25) is 0 Å². The van der Waals surface area contributed by atoms with Crippen LogP contribution in [-0.4, -0.2) is 75.4 Å². The number of nitrogens with zero attached hydrogens (tertiary/aromatic N) is 2. The van der Waals surface area contributed by atoms with Crippen LogP contribution in [0.1, 0.15) is 13.3 Å². The van der Waals surface area contributed by atoms with Crippen molar-refractivity contribution in [2.24, 2.45) is 0 Å². The molecule has 0 bridgehead atoms. The third-order valence-electron chi connectivity index (χ3n) is 2.92. The van der Waals surface area contributed by atoms with Crippen LogP contribution in [0.5, 0.6) is 0 Å². The topological polar surface area (TPSA) is 42.0 Å². The fourth-order valence-electron chi connectivity index (χ4n) is 2.06. The Bertz CT molecular complexity index is 236. The number of methoxy groups -OCH3 is 1. The number of hydrogen-bond donors (Lipinski definition) is 0. The number of carbonyl (C=O) groups is 1. The van der Waals surface area contributed by atoms with Crippen LogP contribution in [0.15, 0.2) is 0 Å². The van der Waals surface area contributed by atoms with E-state index >= 15 is 0 Å². The molecule has 1 heterocycles. The number of esters is 1. The largest absolute Gasteiger partial charge is 0.468 e. The molecule has 1 fully saturated rings. The molecule has 1 atom stereocenters. The van der Waals surface area contributed by atoms with Crippen molar-refractivity contribution >= 4 is 5.97 Å². The van der Waals surface area contributed by atoms with Crippen molar-refractivity contribution in [3.05, 3.63) is 0 Å². The van der Waals surface area contributed by atoms with Crippen LogP contribution in [0.25, 0.3) is 0 Å². The van der Waals surface area contributed by atoms with E-state index in [4.69, 9.17) is 9.47 Å². The van der Waals surface area contributed by atoms with Crippen molar-refractivity contribution < 1.29 is 14.3 Å².